The van der Waals surface area contributed by atoms with Gasteiger partial charge in [-0.25, -0.2) is 0 Å². The summed E-state index contributed by atoms with van der Waals surface area (Å²) in [5, 5.41) is 3.05. The maximum atomic E-state index is 11.9. The highest BCUT2D eigenvalue weighted by atomic mass is 35.5. The molecule has 2 atom stereocenters. The maximum Gasteiger partial charge on any atom is 0.225 e. The van der Waals surface area contributed by atoms with Crippen LogP contribution in [0.25, 0.3) is 0 Å². The number of ether oxygens (including phenoxy) is 1. The van der Waals surface area contributed by atoms with Gasteiger partial charge in [0.1, 0.15) is 0 Å². The van der Waals surface area contributed by atoms with Crippen molar-refractivity contribution >= 4 is 18.3 Å². The van der Waals surface area contributed by atoms with Gasteiger partial charge in [0.05, 0.1) is 12.5 Å². The van der Waals surface area contributed by atoms with E-state index in [0.717, 1.165) is 19.4 Å². The molecule has 94 valence electrons. The second-order valence-electron chi connectivity index (χ2n) is 4.60. The highest BCUT2D eigenvalue weighted by Crippen LogP contribution is 2.32. The van der Waals surface area contributed by atoms with E-state index in [0.29, 0.717) is 19.1 Å². The number of nitrogens with two attached hydrogens (primary N) is 1. The van der Waals surface area contributed by atoms with Gasteiger partial charge < -0.3 is 15.8 Å². The molecule has 2 aliphatic rings. The molecule has 0 radical (unpaired) electrons. The molecule has 2 rings (SSSR count). The maximum absolute atomic E-state index is 11.9. The van der Waals surface area contributed by atoms with Gasteiger partial charge in [-0.15, -0.1) is 12.4 Å². The van der Waals surface area contributed by atoms with Gasteiger partial charge in [-0.05, 0) is 31.6 Å². The Kier molecular flexibility index (Phi) is 5.52. The third kappa shape index (κ3) is 3.61. The van der Waals surface area contributed by atoms with E-state index >= 15 is 0 Å². The molecular weight excluding hydrogens is 228 g/mol. The van der Waals surface area contributed by atoms with Crippen LogP contribution in [0.3, 0.4) is 0 Å². The van der Waals surface area contributed by atoms with Crippen LogP contribution in [0.2, 0.25) is 0 Å². The predicted molar refractivity (Wildman–Crippen MR) is 64.5 cm³/mol. The summed E-state index contributed by atoms with van der Waals surface area (Å²) in [6, 6.07) is 0.194. The van der Waals surface area contributed by atoms with Gasteiger partial charge >= 0.3 is 0 Å². The zero-order valence-corrected chi connectivity index (χ0v) is 10.3. The molecule has 0 aromatic carbocycles. The SMILES string of the molecule is Cl.NCC(NC(=O)C1CCCOC1)C1CC1. The number of amides is 1. The lowest BCUT2D eigenvalue weighted by Crippen LogP contribution is -2.46. The van der Waals surface area contributed by atoms with Crippen molar-refractivity contribution in [2.75, 3.05) is 19.8 Å². The standard InChI is InChI=1S/C11H20N2O2.ClH/c12-6-10(8-3-4-8)13-11(14)9-2-1-5-15-7-9;/h8-10H,1-7,12H2,(H,13,14);1H. The topological polar surface area (TPSA) is 64.3 Å². The molecule has 1 saturated heterocycles. The van der Waals surface area contributed by atoms with Crippen LogP contribution >= 0.6 is 12.4 Å². The van der Waals surface area contributed by atoms with Crippen molar-refractivity contribution in [1.29, 1.82) is 0 Å². The van der Waals surface area contributed by atoms with Gasteiger partial charge in [0, 0.05) is 19.2 Å². The summed E-state index contributed by atoms with van der Waals surface area (Å²) >= 11 is 0. The molecule has 0 spiro atoms. The van der Waals surface area contributed by atoms with Gasteiger partial charge in [-0.1, -0.05) is 0 Å². The Hall–Kier alpha value is -0.320. The molecule has 1 heterocycles. The van der Waals surface area contributed by atoms with E-state index in [2.05, 4.69) is 5.32 Å². The van der Waals surface area contributed by atoms with Crippen molar-refractivity contribution in [2.45, 2.75) is 31.7 Å². The average molecular weight is 249 g/mol. The van der Waals surface area contributed by atoms with Gasteiger partial charge in [-0.3, -0.25) is 4.79 Å². The van der Waals surface area contributed by atoms with Crippen LogP contribution in [0.5, 0.6) is 0 Å². The molecule has 2 fully saturated rings. The molecule has 5 heteroatoms. The molecule has 16 heavy (non-hydrogen) atoms. The number of carbonyl (C=O) groups is 1. The molecule has 3 N–H and O–H groups in total. The Morgan fingerprint density at radius 1 is 1.44 bits per heavy atom. The van der Waals surface area contributed by atoms with Crippen molar-refractivity contribution < 1.29 is 9.53 Å². The molecule has 1 aliphatic carbocycles. The van der Waals surface area contributed by atoms with Crippen molar-refractivity contribution in [2.24, 2.45) is 17.6 Å². The summed E-state index contributed by atoms with van der Waals surface area (Å²) in [7, 11) is 0. The molecule has 4 nitrogen and oxygen atoms in total. The number of rotatable bonds is 4. The largest absolute Gasteiger partial charge is 0.381 e. The first kappa shape index (κ1) is 13.7. The third-order valence-corrected chi connectivity index (χ3v) is 3.30. The number of halogens is 1. The van der Waals surface area contributed by atoms with E-state index in [1.165, 1.54) is 12.8 Å². The fraction of sp³-hybridized carbons (Fsp3) is 0.909. The lowest BCUT2D eigenvalue weighted by molar-refractivity contribution is -0.129. The number of hydrogen-bond acceptors (Lipinski definition) is 3. The van der Waals surface area contributed by atoms with Gasteiger partial charge in [0.2, 0.25) is 5.91 Å². The van der Waals surface area contributed by atoms with Crippen LogP contribution in [-0.2, 0) is 9.53 Å². The van der Waals surface area contributed by atoms with Crippen molar-refractivity contribution in [1.82, 2.24) is 5.32 Å². The molecule has 1 saturated carbocycles. The quantitative estimate of drug-likeness (QED) is 0.770. The van der Waals surface area contributed by atoms with E-state index in [4.69, 9.17) is 10.5 Å². The van der Waals surface area contributed by atoms with Crippen LogP contribution in [0, 0.1) is 11.8 Å². The second kappa shape index (κ2) is 6.42. The lowest BCUT2D eigenvalue weighted by Gasteiger charge is -2.24. The van der Waals surface area contributed by atoms with Gasteiger partial charge in [0.15, 0.2) is 0 Å². The molecule has 1 amide bonds. The predicted octanol–water partition coefficient (Wildman–Crippen LogP) is 0.688. The Morgan fingerprint density at radius 3 is 2.69 bits per heavy atom. The Bertz CT molecular complexity index is 228. The van der Waals surface area contributed by atoms with Crippen LogP contribution < -0.4 is 11.1 Å². The number of carbonyl (C=O) groups excluding carboxylic acids is 1. The molecule has 1 aliphatic heterocycles. The van der Waals surface area contributed by atoms with E-state index in [1.807, 2.05) is 0 Å². The number of nitrogens with one attached hydrogen (secondary N) is 1. The molecule has 0 aromatic heterocycles. The fourth-order valence-electron chi connectivity index (χ4n) is 2.12. The summed E-state index contributed by atoms with van der Waals surface area (Å²) in [5.41, 5.74) is 5.65. The first-order chi connectivity index (χ1) is 7.31. The normalized spacial score (nSPS) is 26.7. The van der Waals surface area contributed by atoms with E-state index < -0.39 is 0 Å². The van der Waals surface area contributed by atoms with E-state index in [1.54, 1.807) is 0 Å². The highest BCUT2D eigenvalue weighted by molar-refractivity contribution is 5.85. The van der Waals surface area contributed by atoms with Crippen LogP contribution in [0.1, 0.15) is 25.7 Å². The minimum absolute atomic E-state index is 0. The first-order valence-corrected chi connectivity index (χ1v) is 5.89. The summed E-state index contributed by atoms with van der Waals surface area (Å²) in [4.78, 5) is 11.9. The Labute approximate surface area is 103 Å². The molecule has 0 aromatic rings. The minimum Gasteiger partial charge on any atom is -0.381 e. The van der Waals surface area contributed by atoms with Crippen LogP contribution in [0.15, 0.2) is 0 Å². The first-order valence-electron chi connectivity index (χ1n) is 5.89. The highest BCUT2D eigenvalue weighted by Gasteiger charge is 2.33. The number of hydrogen-bond donors (Lipinski definition) is 2. The van der Waals surface area contributed by atoms with E-state index in [9.17, 15) is 4.79 Å². The Balaban J connectivity index is 0.00000128. The van der Waals surface area contributed by atoms with E-state index in [-0.39, 0.29) is 30.3 Å². The minimum atomic E-state index is 0. The molecule has 2 unspecified atom stereocenters. The van der Waals surface area contributed by atoms with Gasteiger partial charge in [0.25, 0.3) is 0 Å². The Morgan fingerprint density at radius 2 is 2.19 bits per heavy atom. The summed E-state index contributed by atoms with van der Waals surface area (Å²) in [6.45, 7) is 1.94. The zero-order valence-electron chi connectivity index (χ0n) is 9.48. The van der Waals surface area contributed by atoms with Crippen molar-refractivity contribution in [3.63, 3.8) is 0 Å². The van der Waals surface area contributed by atoms with Crippen LogP contribution in [0.4, 0.5) is 0 Å². The third-order valence-electron chi connectivity index (χ3n) is 3.30. The summed E-state index contributed by atoms with van der Waals surface area (Å²) in [6.07, 6.45) is 4.37. The second-order valence-corrected chi connectivity index (χ2v) is 4.60. The van der Waals surface area contributed by atoms with Gasteiger partial charge in [-0.2, -0.15) is 0 Å². The summed E-state index contributed by atoms with van der Waals surface area (Å²) in [5.74, 6) is 0.812. The average Bonchev–Trinajstić information content (AvgIpc) is 3.10. The lowest BCUT2D eigenvalue weighted by atomic mass is 10.0. The zero-order chi connectivity index (χ0) is 10.7. The molecular formula is C11H21ClN2O2. The fourth-order valence-corrected chi connectivity index (χ4v) is 2.12. The van der Waals surface area contributed by atoms with Crippen molar-refractivity contribution in [3.8, 4) is 0 Å². The smallest absolute Gasteiger partial charge is 0.225 e. The molecule has 0 bridgehead atoms. The monoisotopic (exact) mass is 248 g/mol. The van der Waals surface area contributed by atoms with Crippen molar-refractivity contribution in [3.05, 3.63) is 0 Å². The van der Waals surface area contributed by atoms with Crippen LogP contribution in [-0.4, -0.2) is 31.7 Å². The summed E-state index contributed by atoms with van der Waals surface area (Å²) < 4.78 is 5.30.